The van der Waals surface area contributed by atoms with Gasteiger partial charge in [0.05, 0.1) is 12.2 Å². The Hall–Kier alpha value is -2.02. The zero-order valence-electron chi connectivity index (χ0n) is 9.63. The Labute approximate surface area is 109 Å². The van der Waals surface area contributed by atoms with Crippen LogP contribution in [0.25, 0.3) is 0 Å². The summed E-state index contributed by atoms with van der Waals surface area (Å²) in [5.74, 6) is 4.14. The largest absolute Gasteiger partial charge is 0.377 e. The quantitative estimate of drug-likeness (QED) is 0.302. The van der Waals surface area contributed by atoms with E-state index in [1.807, 2.05) is 30.3 Å². The molecule has 96 valence electrons. The Morgan fingerprint density at radius 2 is 1.89 bits per heavy atom. The second-order valence-electron chi connectivity index (χ2n) is 3.39. The molecule has 5 N–H and O–H groups in total. The van der Waals surface area contributed by atoms with Gasteiger partial charge in [0, 0.05) is 0 Å². The van der Waals surface area contributed by atoms with Crippen LogP contribution in [0.1, 0.15) is 5.56 Å². The van der Waals surface area contributed by atoms with E-state index in [-0.39, 0.29) is 23.2 Å². The van der Waals surface area contributed by atoms with Gasteiger partial charge in [-0.2, -0.15) is 5.10 Å². The maximum absolute atomic E-state index is 11.5. The summed E-state index contributed by atoms with van der Waals surface area (Å²) in [7, 11) is 0. The highest BCUT2D eigenvalue weighted by atomic mass is 32.2. The predicted molar refractivity (Wildman–Crippen MR) is 71.6 cm³/mol. The van der Waals surface area contributed by atoms with Crippen LogP contribution in [0.4, 0.5) is 0 Å². The Kier molecular flexibility index (Phi) is 5.72. The third-order valence-corrected chi connectivity index (χ3v) is 2.77. The number of nitrogens with two attached hydrogens (primary N) is 2. The molecule has 0 saturated carbocycles. The molecule has 0 unspecified atom stereocenters. The first-order valence-electron chi connectivity index (χ1n) is 5.14. The molecule has 0 aromatic heterocycles. The Morgan fingerprint density at radius 3 is 2.50 bits per heavy atom. The average Bonchev–Trinajstić information content (AvgIpc) is 2.37. The zero-order chi connectivity index (χ0) is 13.4. The van der Waals surface area contributed by atoms with E-state index in [1.165, 1.54) is 0 Å². The lowest BCUT2D eigenvalue weighted by Gasteiger charge is -2.03. The van der Waals surface area contributed by atoms with Crippen LogP contribution in [-0.4, -0.2) is 22.7 Å². The van der Waals surface area contributed by atoms with E-state index in [4.69, 9.17) is 11.6 Å². The van der Waals surface area contributed by atoms with Gasteiger partial charge in [0.25, 0.3) is 0 Å². The molecule has 0 bridgehead atoms. The Bertz CT molecular complexity index is 448. The van der Waals surface area contributed by atoms with Gasteiger partial charge < -0.3 is 11.6 Å². The number of rotatable bonds is 4. The molecule has 2 amide bonds. The van der Waals surface area contributed by atoms with Crippen molar-refractivity contribution in [3.8, 4) is 0 Å². The first-order chi connectivity index (χ1) is 8.61. The number of hydrogen-bond acceptors (Lipinski definition) is 5. The van der Waals surface area contributed by atoms with Crippen LogP contribution in [0, 0.1) is 0 Å². The summed E-state index contributed by atoms with van der Waals surface area (Å²) in [6, 6.07) is 9.16. The highest BCUT2D eigenvalue weighted by Crippen LogP contribution is 2.00. The summed E-state index contributed by atoms with van der Waals surface area (Å²) in [5, 5.41) is 5.56. The van der Waals surface area contributed by atoms with E-state index in [9.17, 15) is 9.59 Å². The summed E-state index contributed by atoms with van der Waals surface area (Å²) < 4.78 is 0. The first kappa shape index (κ1) is 14.0. The van der Waals surface area contributed by atoms with E-state index in [1.54, 1.807) is 0 Å². The molecular formula is C11H14N4O2S. The van der Waals surface area contributed by atoms with Crippen LogP contribution in [0.15, 0.2) is 35.4 Å². The molecule has 1 aromatic rings. The lowest BCUT2D eigenvalue weighted by Crippen LogP contribution is -2.33. The van der Waals surface area contributed by atoms with E-state index in [0.717, 1.165) is 17.3 Å². The lowest BCUT2D eigenvalue weighted by molar-refractivity contribution is -0.128. The number of amidine groups is 1. The minimum atomic E-state index is -0.424. The third-order valence-electron chi connectivity index (χ3n) is 1.96. The SMILES string of the molecule is NN=C(N)SCC(=O)NC(=O)Cc1ccccc1. The van der Waals surface area contributed by atoms with Gasteiger partial charge in [-0.05, 0) is 5.56 Å². The molecule has 0 aliphatic heterocycles. The van der Waals surface area contributed by atoms with Crippen molar-refractivity contribution < 1.29 is 9.59 Å². The number of carbonyl (C=O) groups is 2. The van der Waals surface area contributed by atoms with Crippen LogP contribution >= 0.6 is 11.8 Å². The monoisotopic (exact) mass is 266 g/mol. The summed E-state index contributed by atoms with van der Waals surface area (Å²) in [6.07, 6.45) is 0.164. The topological polar surface area (TPSA) is 111 Å². The molecule has 0 radical (unpaired) electrons. The van der Waals surface area contributed by atoms with E-state index >= 15 is 0 Å². The molecule has 0 atom stereocenters. The number of benzene rings is 1. The van der Waals surface area contributed by atoms with Gasteiger partial charge in [-0.3, -0.25) is 14.9 Å². The normalized spacial score (nSPS) is 11.0. The van der Waals surface area contributed by atoms with Crippen LogP contribution in [-0.2, 0) is 16.0 Å². The fourth-order valence-corrected chi connectivity index (χ4v) is 1.62. The summed E-state index contributed by atoms with van der Waals surface area (Å²) in [6.45, 7) is 0. The number of nitrogens with zero attached hydrogens (tertiary/aromatic N) is 1. The highest BCUT2D eigenvalue weighted by Gasteiger charge is 2.09. The molecule has 7 heteroatoms. The fraction of sp³-hybridized carbons (Fsp3) is 0.182. The molecule has 0 aliphatic rings. The predicted octanol–water partition coefficient (Wildman–Crippen LogP) is -0.206. The fourth-order valence-electron chi connectivity index (χ4n) is 1.19. The minimum Gasteiger partial charge on any atom is -0.377 e. The summed E-state index contributed by atoms with van der Waals surface area (Å²) >= 11 is 0.971. The number of hydrazone groups is 1. The third kappa shape index (κ3) is 5.35. The molecule has 18 heavy (non-hydrogen) atoms. The molecule has 1 rings (SSSR count). The van der Waals surface area contributed by atoms with Crippen LogP contribution in [0.3, 0.4) is 0 Å². The van der Waals surface area contributed by atoms with E-state index in [2.05, 4.69) is 10.4 Å². The molecule has 0 saturated heterocycles. The van der Waals surface area contributed by atoms with Crippen LogP contribution in [0.5, 0.6) is 0 Å². The van der Waals surface area contributed by atoms with Gasteiger partial charge >= 0.3 is 0 Å². The summed E-state index contributed by atoms with van der Waals surface area (Å²) in [4.78, 5) is 22.9. The van der Waals surface area contributed by atoms with Crippen molar-refractivity contribution in [3.05, 3.63) is 35.9 Å². The van der Waals surface area contributed by atoms with Crippen LogP contribution in [0.2, 0.25) is 0 Å². The van der Waals surface area contributed by atoms with Gasteiger partial charge in [-0.15, -0.1) is 0 Å². The number of thioether (sulfide) groups is 1. The van der Waals surface area contributed by atoms with Gasteiger partial charge in [-0.25, -0.2) is 0 Å². The van der Waals surface area contributed by atoms with Crippen molar-refractivity contribution in [3.63, 3.8) is 0 Å². The second-order valence-corrected chi connectivity index (χ2v) is 4.39. The number of amides is 2. The van der Waals surface area contributed by atoms with Gasteiger partial charge in [-0.1, -0.05) is 42.1 Å². The average molecular weight is 266 g/mol. The summed E-state index contributed by atoms with van der Waals surface area (Å²) in [5.41, 5.74) is 6.14. The smallest absolute Gasteiger partial charge is 0.237 e. The second kappa shape index (κ2) is 7.33. The van der Waals surface area contributed by atoms with Gasteiger partial charge in [0.15, 0.2) is 5.17 Å². The zero-order valence-corrected chi connectivity index (χ0v) is 10.4. The highest BCUT2D eigenvalue weighted by molar-refractivity contribution is 8.14. The molecule has 6 nitrogen and oxygen atoms in total. The lowest BCUT2D eigenvalue weighted by atomic mass is 10.1. The molecule has 1 aromatic carbocycles. The van der Waals surface area contributed by atoms with Crippen molar-refractivity contribution in [2.75, 3.05) is 5.75 Å². The van der Waals surface area contributed by atoms with Gasteiger partial charge in [0.2, 0.25) is 11.8 Å². The Balaban J connectivity index is 2.34. The van der Waals surface area contributed by atoms with E-state index in [0.29, 0.717) is 0 Å². The number of imide groups is 1. The van der Waals surface area contributed by atoms with Gasteiger partial charge in [0.1, 0.15) is 0 Å². The minimum absolute atomic E-state index is 0.00701. The van der Waals surface area contributed by atoms with Crippen LogP contribution < -0.4 is 16.9 Å². The van der Waals surface area contributed by atoms with Crippen molar-refractivity contribution in [1.82, 2.24) is 5.32 Å². The molecule has 0 heterocycles. The van der Waals surface area contributed by atoms with E-state index < -0.39 is 5.91 Å². The molecular weight excluding hydrogens is 252 g/mol. The number of hydrogen-bond donors (Lipinski definition) is 3. The van der Waals surface area contributed by atoms with Crippen molar-refractivity contribution in [1.29, 1.82) is 0 Å². The maximum atomic E-state index is 11.5. The van der Waals surface area contributed by atoms with Crippen molar-refractivity contribution in [2.45, 2.75) is 6.42 Å². The number of carbonyl (C=O) groups excluding carboxylic acids is 2. The molecule has 0 fully saturated rings. The Morgan fingerprint density at radius 1 is 1.22 bits per heavy atom. The standard InChI is InChI=1S/C11H14N4O2S/c12-11(15-13)18-7-10(17)14-9(16)6-8-4-2-1-3-5-8/h1-5H,6-7,13H2,(H2,12,15)(H,14,16,17). The molecule has 0 spiro atoms. The molecule has 0 aliphatic carbocycles. The van der Waals surface area contributed by atoms with Crippen molar-refractivity contribution >= 4 is 28.7 Å². The maximum Gasteiger partial charge on any atom is 0.237 e. The first-order valence-corrected chi connectivity index (χ1v) is 6.13. The van der Waals surface area contributed by atoms with Crippen molar-refractivity contribution in [2.24, 2.45) is 16.7 Å². The number of nitrogens with one attached hydrogen (secondary N) is 1.